The van der Waals surface area contributed by atoms with Crippen LogP contribution in [0.15, 0.2) is 17.5 Å². The molecule has 2 aromatic rings. The smallest absolute Gasteiger partial charge is 0.312 e. The average Bonchev–Trinajstić information content (AvgIpc) is 2.96. The zero-order valence-corrected chi connectivity index (χ0v) is 12.1. The van der Waals surface area contributed by atoms with Crippen LogP contribution in [0.25, 0.3) is 10.6 Å². The van der Waals surface area contributed by atoms with Crippen LogP contribution in [0.1, 0.15) is 23.7 Å². The summed E-state index contributed by atoms with van der Waals surface area (Å²) < 4.78 is 4.91. The van der Waals surface area contributed by atoms with Crippen molar-refractivity contribution in [3.05, 3.63) is 27.4 Å². The molecule has 0 aliphatic rings. The Kier molecular flexibility index (Phi) is 4.49. The van der Waals surface area contributed by atoms with Crippen molar-refractivity contribution < 1.29 is 9.53 Å². The highest BCUT2D eigenvalue weighted by molar-refractivity contribution is 7.16. The molecule has 0 aliphatic carbocycles. The van der Waals surface area contributed by atoms with E-state index in [2.05, 4.69) is 24.0 Å². The lowest BCUT2D eigenvalue weighted by Gasteiger charge is -1.97. The third-order valence-electron chi connectivity index (χ3n) is 2.42. The fourth-order valence-electron chi connectivity index (χ4n) is 1.55. The van der Waals surface area contributed by atoms with Crippen molar-refractivity contribution in [3.63, 3.8) is 0 Å². The van der Waals surface area contributed by atoms with Crippen LogP contribution in [0.5, 0.6) is 0 Å². The first-order valence-corrected chi connectivity index (χ1v) is 7.61. The number of hydrogen-bond acceptors (Lipinski definition) is 5. The normalized spacial score (nSPS) is 10.6. The molecule has 2 aromatic heterocycles. The molecule has 0 N–H and O–H groups in total. The van der Waals surface area contributed by atoms with Crippen molar-refractivity contribution in [2.75, 3.05) is 6.61 Å². The van der Waals surface area contributed by atoms with Gasteiger partial charge in [0.15, 0.2) is 0 Å². The molecule has 0 aromatic carbocycles. The van der Waals surface area contributed by atoms with E-state index in [1.165, 1.54) is 21.1 Å². The highest BCUT2D eigenvalue weighted by Crippen LogP contribution is 2.29. The number of ether oxygens (including phenoxy) is 1. The van der Waals surface area contributed by atoms with Gasteiger partial charge in [-0.25, -0.2) is 4.98 Å². The maximum absolute atomic E-state index is 11.4. The quantitative estimate of drug-likeness (QED) is 0.787. The zero-order valence-electron chi connectivity index (χ0n) is 10.4. The predicted octanol–water partition coefficient (Wildman–Crippen LogP) is 3.54. The third kappa shape index (κ3) is 3.17. The van der Waals surface area contributed by atoms with Gasteiger partial charge in [-0.15, -0.1) is 22.7 Å². The number of carbonyl (C=O) groups is 1. The minimum Gasteiger partial charge on any atom is -0.466 e. The fraction of sp³-hybridized carbons (Fsp3) is 0.385. The fourth-order valence-corrected chi connectivity index (χ4v) is 3.31. The van der Waals surface area contributed by atoms with Crippen molar-refractivity contribution in [3.8, 4) is 10.6 Å². The van der Waals surface area contributed by atoms with E-state index in [0.29, 0.717) is 6.61 Å². The Labute approximate surface area is 114 Å². The average molecular weight is 281 g/mol. The zero-order chi connectivity index (χ0) is 13.0. The number of thiazole rings is 1. The van der Waals surface area contributed by atoms with E-state index in [-0.39, 0.29) is 12.4 Å². The first kappa shape index (κ1) is 13.2. The number of nitrogens with zero attached hydrogens (tertiary/aromatic N) is 1. The van der Waals surface area contributed by atoms with E-state index in [0.717, 1.165) is 17.1 Å². The Morgan fingerprint density at radius 1 is 1.39 bits per heavy atom. The van der Waals surface area contributed by atoms with Gasteiger partial charge in [0.2, 0.25) is 0 Å². The molecule has 0 saturated heterocycles. The lowest BCUT2D eigenvalue weighted by Crippen LogP contribution is -2.07. The number of aryl methyl sites for hydroxylation is 1. The Bertz CT molecular complexity index is 531. The van der Waals surface area contributed by atoms with E-state index >= 15 is 0 Å². The Hall–Kier alpha value is -1.20. The lowest BCUT2D eigenvalue weighted by atomic mass is 10.3. The van der Waals surface area contributed by atoms with Crippen molar-refractivity contribution in [1.82, 2.24) is 4.98 Å². The Balaban J connectivity index is 2.07. The van der Waals surface area contributed by atoms with E-state index in [9.17, 15) is 4.79 Å². The van der Waals surface area contributed by atoms with Gasteiger partial charge < -0.3 is 4.74 Å². The van der Waals surface area contributed by atoms with Crippen LogP contribution >= 0.6 is 22.7 Å². The minimum atomic E-state index is -0.209. The highest BCUT2D eigenvalue weighted by atomic mass is 32.1. The minimum absolute atomic E-state index is 0.209. The number of aromatic nitrogens is 1. The maximum atomic E-state index is 11.4. The molecule has 96 valence electrons. The molecule has 0 saturated carbocycles. The van der Waals surface area contributed by atoms with Crippen LogP contribution in [-0.2, 0) is 22.4 Å². The molecule has 0 fully saturated rings. The number of rotatable bonds is 5. The van der Waals surface area contributed by atoms with Crippen LogP contribution in [0.3, 0.4) is 0 Å². The van der Waals surface area contributed by atoms with Gasteiger partial charge in [0.1, 0.15) is 5.01 Å². The number of hydrogen-bond donors (Lipinski definition) is 0. The molecule has 0 atom stereocenters. The second kappa shape index (κ2) is 6.11. The van der Waals surface area contributed by atoms with E-state index in [1.54, 1.807) is 11.3 Å². The van der Waals surface area contributed by atoms with Crippen LogP contribution in [-0.4, -0.2) is 17.6 Å². The summed E-state index contributed by atoms with van der Waals surface area (Å²) in [6, 6.07) is 4.22. The van der Waals surface area contributed by atoms with Gasteiger partial charge in [0, 0.05) is 10.3 Å². The standard InChI is InChI=1S/C13H15NO2S2/c1-3-9-5-6-11(18-9)10-8-17-12(14-10)7-13(15)16-4-2/h5-6,8H,3-4,7H2,1-2H3. The van der Waals surface area contributed by atoms with Crippen molar-refractivity contribution in [1.29, 1.82) is 0 Å². The molecule has 5 heteroatoms. The van der Waals surface area contributed by atoms with E-state index < -0.39 is 0 Å². The van der Waals surface area contributed by atoms with E-state index in [1.807, 2.05) is 12.3 Å². The molecule has 3 nitrogen and oxygen atoms in total. The second-order valence-electron chi connectivity index (χ2n) is 3.73. The van der Waals surface area contributed by atoms with Crippen LogP contribution in [0.4, 0.5) is 0 Å². The Morgan fingerprint density at radius 3 is 2.89 bits per heavy atom. The molecular weight excluding hydrogens is 266 g/mol. The van der Waals surface area contributed by atoms with Crippen LogP contribution in [0.2, 0.25) is 0 Å². The van der Waals surface area contributed by atoms with Gasteiger partial charge in [-0.3, -0.25) is 4.79 Å². The molecule has 18 heavy (non-hydrogen) atoms. The van der Waals surface area contributed by atoms with Crippen molar-refractivity contribution >= 4 is 28.6 Å². The molecule has 0 radical (unpaired) electrons. The Morgan fingerprint density at radius 2 is 2.22 bits per heavy atom. The van der Waals surface area contributed by atoms with Gasteiger partial charge in [-0.1, -0.05) is 6.92 Å². The van der Waals surface area contributed by atoms with E-state index in [4.69, 9.17) is 4.74 Å². The lowest BCUT2D eigenvalue weighted by molar-refractivity contribution is -0.142. The van der Waals surface area contributed by atoms with Gasteiger partial charge in [0.25, 0.3) is 0 Å². The van der Waals surface area contributed by atoms with Crippen molar-refractivity contribution in [2.45, 2.75) is 26.7 Å². The first-order valence-electron chi connectivity index (χ1n) is 5.92. The predicted molar refractivity (Wildman–Crippen MR) is 75.1 cm³/mol. The molecule has 0 aliphatic heterocycles. The number of carbonyl (C=O) groups excluding carboxylic acids is 1. The molecule has 0 spiro atoms. The third-order valence-corrected chi connectivity index (χ3v) is 4.52. The van der Waals surface area contributed by atoms with Crippen molar-refractivity contribution in [2.24, 2.45) is 0 Å². The van der Waals surface area contributed by atoms with Gasteiger partial charge in [-0.05, 0) is 25.5 Å². The number of thiophene rings is 1. The molecular formula is C13H15NO2S2. The first-order chi connectivity index (χ1) is 8.72. The molecule has 0 amide bonds. The monoisotopic (exact) mass is 281 g/mol. The van der Waals surface area contributed by atoms with Gasteiger partial charge in [0.05, 0.1) is 23.6 Å². The maximum Gasteiger partial charge on any atom is 0.312 e. The molecule has 2 heterocycles. The largest absolute Gasteiger partial charge is 0.466 e. The summed E-state index contributed by atoms with van der Waals surface area (Å²) in [6.45, 7) is 4.37. The van der Waals surface area contributed by atoms with Gasteiger partial charge in [-0.2, -0.15) is 0 Å². The van der Waals surface area contributed by atoms with Gasteiger partial charge >= 0.3 is 5.97 Å². The highest BCUT2D eigenvalue weighted by Gasteiger charge is 2.10. The molecule has 0 unspecified atom stereocenters. The summed E-state index contributed by atoms with van der Waals surface area (Å²) in [5.41, 5.74) is 0.962. The molecule has 0 bridgehead atoms. The number of esters is 1. The SMILES string of the molecule is CCOC(=O)Cc1nc(-c2ccc(CC)s2)cs1. The summed E-state index contributed by atoms with van der Waals surface area (Å²) in [5.74, 6) is -0.209. The summed E-state index contributed by atoms with van der Waals surface area (Å²) in [4.78, 5) is 18.4. The topological polar surface area (TPSA) is 39.2 Å². The second-order valence-corrected chi connectivity index (χ2v) is 5.84. The van der Waals surface area contributed by atoms with Crippen LogP contribution < -0.4 is 0 Å². The van der Waals surface area contributed by atoms with Crippen LogP contribution in [0, 0.1) is 0 Å². The summed E-state index contributed by atoms with van der Waals surface area (Å²) in [6.07, 6.45) is 1.31. The molecule has 2 rings (SSSR count). The summed E-state index contributed by atoms with van der Waals surface area (Å²) in [5, 5.41) is 2.81. The summed E-state index contributed by atoms with van der Waals surface area (Å²) in [7, 11) is 0. The summed E-state index contributed by atoms with van der Waals surface area (Å²) >= 11 is 3.27.